The molecule has 1 saturated heterocycles. The molecule has 98 valence electrons. The van der Waals surface area contributed by atoms with E-state index in [4.69, 9.17) is 16.3 Å². The van der Waals surface area contributed by atoms with Crippen molar-refractivity contribution < 1.29 is 9.66 Å². The smallest absolute Gasteiger partial charge is 0.310 e. The van der Waals surface area contributed by atoms with Gasteiger partial charge in [-0.2, -0.15) is 0 Å². The predicted octanol–water partition coefficient (Wildman–Crippen LogP) is 1.65. The lowest BCUT2D eigenvalue weighted by Crippen LogP contribution is -2.33. The van der Waals surface area contributed by atoms with Gasteiger partial charge in [0, 0.05) is 20.2 Å². The Morgan fingerprint density at radius 1 is 1.56 bits per heavy atom. The highest BCUT2D eigenvalue weighted by molar-refractivity contribution is 6.33. The van der Waals surface area contributed by atoms with Crippen molar-refractivity contribution in [2.24, 2.45) is 0 Å². The molecule has 2 rings (SSSR count). The van der Waals surface area contributed by atoms with Crippen molar-refractivity contribution in [1.29, 1.82) is 0 Å². The summed E-state index contributed by atoms with van der Waals surface area (Å²) in [5, 5.41) is 17.4. The number of anilines is 1. The van der Waals surface area contributed by atoms with E-state index in [-0.39, 0.29) is 22.9 Å². The molecule has 1 heterocycles. The van der Waals surface area contributed by atoms with Crippen LogP contribution in [-0.2, 0) is 4.74 Å². The Morgan fingerprint density at radius 2 is 2.33 bits per heavy atom. The molecule has 1 fully saturated rings. The molecule has 0 radical (unpaired) electrons. The summed E-state index contributed by atoms with van der Waals surface area (Å²) in [5.74, 6) is 0. The molecule has 1 aromatic carbocycles. The van der Waals surface area contributed by atoms with Gasteiger partial charge in [0.2, 0.25) is 0 Å². The van der Waals surface area contributed by atoms with Crippen molar-refractivity contribution in [1.82, 2.24) is 5.32 Å². The van der Waals surface area contributed by atoms with Crippen LogP contribution in [0, 0.1) is 10.1 Å². The summed E-state index contributed by atoms with van der Waals surface area (Å²) in [5.41, 5.74) is 0.323. The zero-order chi connectivity index (χ0) is 13.1. The Kier molecular flexibility index (Phi) is 4.00. The van der Waals surface area contributed by atoms with Crippen LogP contribution in [0.5, 0.6) is 0 Å². The van der Waals surface area contributed by atoms with E-state index < -0.39 is 4.92 Å². The summed E-state index contributed by atoms with van der Waals surface area (Å²) in [6.45, 7) is 1.42. The van der Waals surface area contributed by atoms with Crippen molar-refractivity contribution in [2.45, 2.75) is 12.1 Å². The van der Waals surface area contributed by atoms with E-state index in [9.17, 15) is 10.1 Å². The molecule has 0 amide bonds. The molecule has 0 bridgehead atoms. The SMILES string of the molecule is CO[C@H]1CNCC1Nc1cccc(Cl)c1[N+](=O)[O-]. The second kappa shape index (κ2) is 5.51. The number of nitrogens with zero attached hydrogens (tertiary/aromatic N) is 1. The summed E-state index contributed by atoms with van der Waals surface area (Å²) < 4.78 is 5.30. The normalized spacial score (nSPS) is 23.0. The first-order valence-electron chi connectivity index (χ1n) is 5.56. The lowest BCUT2D eigenvalue weighted by atomic mass is 10.2. The average molecular weight is 272 g/mol. The van der Waals surface area contributed by atoms with Crippen molar-refractivity contribution in [2.75, 3.05) is 25.5 Å². The van der Waals surface area contributed by atoms with Gasteiger partial charge in [0.15, 0.2) is 0 Å². The van der Waals surface area contributed by atoms with E-state index in [1.807, 2.05) is 0 Å². The Hall–Kier alpha value is -1.37. The van der Waals surface area contributed by atoms with E-state index in [1.165, 1.54) is 6.07 Å². The van der Waals surface area contributed by atoms with Gasteiger partial charge in [0.1, 0.15) is 10.7 Å². The van der Waals surface area contributed by atoms with Gasteiger partial charge in [-0.3, -0.25) is 10.1 Å². The lowest BCUT2D eigenvalue weighted by Gasteiger charge is -2.19. The van der Waals surface area contributed by atoms with E-state index in [2.05, 4.69) is 10.6 Å². The van der Waals surface area contributed by atoms with Crippen LogP contribution >= 0.6 is 11.6 Å². The third-order valence-electron chi connectivity index (χ3n) is 2.97. The van der Waals surface area contributed by atoms with Crippen molar-refractivity contribution in [3.05, 3.63) is 33.3 Å². The zero-order valence-electron chi connectivity index (χ0n) is 9.85. The minimum atomic E-state index is -0.477. The Balaban J connectivity index is 2.23. The molecule has 1 aliphatic rings. The second-order valence-corrected chi connectivity index (χ2v) is 4.48. The number of halogens is 1. The van der Waals surface area contributed by atoms with Crippen molar-refractivity contribution >= 4 is 23.0 Å². The summed E-state index contributed by atoms with van der Waals surface area (Å²) in [7, 11) is 1.62. The van der Waals surface area contributed by atoms with Gasteiger partial charge < -0.3 is 15.4 Å². The standard InChI is InChI=1S/C11H14ClN3O3/c1-18-10-6-13-5-9(10)14-8-4-2-3-7(12)11(8)15(16)17/h2-4,9-10,13-14H,5-6H2,1H3/t9?,10-/m0/s1. The number of hydrogen-bond donors (Lipinski definition) is 2. The van der Waals surface area contributed by atoms with Gasteiger partial charge in [0.25, 0.3) is 0 Å². The van der Waals surface area contributed by atoms with Crippen molar-refractivity contribution in [3.63, 3.8) is 0 Å². The second-order valence-electron chi connectivity index (χ2n) is 4.08. The molecule has 1 unspecified atom stereocenters. The van der Waals surface area contributed by atoms with Gasteiger partial charge in [-0.05, 0) is 12.1 Å². The summed E-state index contributed by atoms with van der Waals surface area (Å²) in [6.07, 6.45) is -0.0106. The number of hydrogen-bond acceptors (Lipinski definition) is 5. The molecule has 0 aliphatic carbocycles. The lowest BCUT2D eigenvalue weighted by molar-refractivity contribution is -0.383. The number of methoxy groups -OCH3 is 1. The maximum absolute atomic E-state index is 11.0. The molecule has 2 atom stereocenters. The van der Waals surface area contributed by atoms with Crippen LogP contribution in [0.2, 0.25) is 5.02 Å². The highest BCUT2D eigenvalue weighted by atomic mass is 35.5. The number of nitro groups is 1. The molecule has 7 heteroatoms. The van der Waals surface area contributed by atoms with Crippen LogP contribution in [0.3, 0.4) is 0 Å². The number of rotatable bonds is 4. The first kappa shape index (κ1) is 13.1. The zero-order valence-corrected chi connectivity index (χ0v) is 10.6. The van der Waals surface area contributed by atoms with Gasteiger partial charge in [0.05, 0.1) is 17.1 Å². The molecule has 2 N–H and O–H groups in total. The maximum atomic E-state index is 11.0. The fourth-order valence-corrected chi connectivity index (χ4v) is 2.31. The van der Waals surface area contributed by atoms with Crippen LogP contribution in [0.15, 0.2) is 18.2 Å². The van der Waals surface area contributed by atoms with E-state index in [0.29, 0.717) is 12.2 Å². The summed E-state index contributed by atoms with van der Waals surface area (Å²) in [6, 6.07) is 4.83. The van der Waals surface area contributed by atoms with Crippen LogP contribution in [0.1, 0.15) is 0 Å². The maximum Gasteiger partial charge on any atom is 0.310 e. The first-order valence-corrected chi connectivity index (χ1v) is 5.94. The predicted molar refractivity (Wildman–Crippen MR) is 69.2 cm³/mol. The third-order valence-corrected chi connectivity index (χ3v) is 3.28. The number of para-hydroxylation sites is 1. The molecular formula is C11H14ClN3O3. The van der Waals surface area contributed by atoms with Gasteiger partial charge >= 0.3 is 5.69 Å². The topological polar surface area (TPSA) is 76.4 Å². The molecule has 6 nitrogen and oxygen atoms in total. The Morgan fingerprint density at radius 3 is 3.00 bits per heavy atom. The highest BCUT2D eigenvalue weighted by Crippen LogP contribution is 2.33. The summed E-state index contributed by atoms with van der Waals surface area (Å²) in [4.78, 5) is 10.5. The van der Waals surface area contributed by atoms with Crippen molar-refractivity contribution in [3.8, 4) is 0 Å². The van der Waals surface area contributed by atoms with E-state index in [0.717, 1.165) is 6.54 Å². The molecule has 1 aliphatic heterocycles. The quantitative estimate of drug-likeness (QED) is 0.643. The molecule has 18 heavy (non-hydrogen) atoms. The number of ether oxygens (including phenoxy) is 1. The largest absolute Gasteiger partial charge is 0.378 e. The fourth-order valence-electron chi connectivity index (χ4n) is 2.06. The minimum absolute atomic E-state index is 0.00725. The third kappa shape index (κ3) is 2.55. The first-order chi connectivity index (χ1) is 8.63. The van der Waals surface area contributed by atoms with Gasteiger partial charge in [-0.1, -0.05) is 17.7 Å². The molecular weight excluding hydrogens is 258 g/mol. The number of nitro benzene ring substituents is 1. The van der Waals surface area contributed by atoms with Crippen LogP contribution in [-0.4, -0.2) is 37.3 Å². The van der Waals surface area contributed by atoms with Gasteiger partial charge in [-0.15, -0.1) is 0 Å². The number of benzene rings is 1. The van der Waals surface area contributed by atoms with Crippen LogP contribution < -0.4 is 10.6 Å². The van der Waals surface area contributed by atoms with E-state index >= 15 is 0 Å². The van der Waals surface area contributed by atoms with E-state index in [1.54, 1.807) is 19.2 Å². The number of nitrogens with one attached hydrogen (secondary N) is 2. The highest BCUT2D eigenvalue weighted by Gasteiger charge is 2.29. The van der Waals surface area contributed by atoms with Crippen LogP contribution in [0.25, 0.3) is 0 Å². The minimum Gasteiger partial charge on any atom is -0.378 e. The summed E-state index contributed by atoms with van der Waals surface area (Å²) >= 11 is 5.85. The fraction of sp³-hybridized carbons (Fsp3) is 0.455. The average Bonchev–Trinajstić information content (AvgIpc) is 2.76. The monoisotopic (exact) mass is 271 g/mol. The Bertz CT molecular complexity index is 455. The van der Waals surface area contributed by atoms with Crippen LogP contribution in [0.4, 0.5) is 11.4 Å². The van der Waals surface area contributed by atoms with Gasteiger partial charge in [-0.25, -0.2) is 0 Å². The molecule has 0 saturated carbocycles. The molecule has 0 spiro atoms. The molecule has 1 aromatic rings. The molecule has 0 aromatic heterocycles. The Labute approximate surface area is 109 Å².